The van der Waals surface area contributed by atoms with Crippen molar-refractivity contribution in [1.82, 2.24) is 0 Å². The van der Waals surface area contributed by atoms with E-state index < -0.39 is 47.3 Å². The summed E-state index contributed by atoms with van der Waals surface area (Å²) in [5, 5.41) is 27.8. The van der Waals surface area contributed by atoms with Crippen molar-refractivity contribution in [2.75, 3.05) is 33.0 Å². The smallest absolute Gasteiger partial charge is 0.258 e. The van der Waals surface area contributed by atoms with Crippen LogP contribution in [0.25, 0.3) is 0 Å². The van der Waals surface area contributed by atoms with E-state index >= 15 is 0 Å². The first kappa shape index (κ1) is 50.7. The number of alkyl halides is 2. The summed E-state index contributed by atoms with van der Waals surface area (Å²) in [7, 11) is 0. The number of amides is 4. The summed E-state index contributed by atoms with van der Waals surface area (Å²) in [6, 6.07) is 23.3. The predicted octanol–water partition coefficient (Wildman–Crippen LogP) is 11.5. The lowest BCUT2D eigenvalue weighted by Gasteiger charge is -2.19. The number of nitrogens with zero attached hydrogens (tertiary/aromatic N) is 4. The molecule has 0 aliphatic heterocycles. The average Bonchev–Trinajstić information content (AvgIpc) is 3.28. The third kappa shape index (κ3) is 13.8. The van der Waals surface area contributed by atoms with Crippen molar-refractivity contribution in [3.05, 3.63) is 140 Å². The molecule has 0 heterocycles. The van der Waals surface area contributed by atoms with Crippen molar-refractivity contribution in [1.29, 1.82) is 0 Å². The van der Waals surface area contributed by atoms with Gasteiger partial charge < -0.3 is 21.3 Å². The highest BCUT2D eigenvalue weighted by Gasteiger charge is 2.27. The highest BCUT2D eigenvalue weighted by Crippen LogP contribution is 2.30. The van der Waals surface area contributed by atoms with Gasteiger partial charge in [0.25, 0.3) is 23.6 Å². The number of carbonyl (C=O) groups is 6. The molecule has 2 unspecified atom stereocenters. The van der Waals surface area contributed by atoms with Gasteiger partial charge in [-0.2, -0.15) is 20.5 Å². The lowest BCUT2D eigenvalue weighted by atomic mass is 10.0. The minimum Gasteiger partial charge on any atom is -0.324 e. The molecule has 4 amide bonds. The number of azo groups is 2. The second-order valence-electron chi connectivity index (χ2n) is 14.8. The maximum atomic E-state index is 13.7. The largest absolute Gasteiger partial charge is 0.324 e. The molecular weight excluding hydrogens is 926 g/mol. The summed E-state index contributed by atoms with van der Waals surface area (Å²) in [5.41, 5.74) is 5.48. The Morgan fingerprint density at radius 1 is 0.530 bits per heavy atom. The predicted molar refractivity (Wildman–Crippen MR) is 261 cm³/mol. The van der Waals surface area contributed by atoms with Crippen molar-refractivity contribution in [3.63, 3.8) is 0 Å². The van der Waals surface area contributed by atoms with Gasteiger partial charge in [-0.3, -0.25) is 28.8 Å². The van der Waals surface area contributed by atoms with Crippen LogP contribution in [0.2, 0.25) is 10.0 Å². The second kappa shape index (κ2) is 24.3. The van der Waals surface area contributed by atoms with Gasteiger partial charge in [0.05, 0.1) is 32.5 Å². The number of rotatable bonds is 20. The first-order valence-electron chi connectivity index (χ1n) is 20.8. The van der Waals surface area contributed by atoms with E-state index in [9.17, 15) is 28.8 Å². The number of hydrogen-bond acceptors (Lipinski definition) is 10. The number of nitrogens with one attached hydrogen (secondary N) is 4. The molecule has 5 rings (SSSR count). The van der Waals surface area contributed by atoms with Crippen LogP contribution in [-0.4, -0.2) is 59.0 Å². The van der Waals surface area contributed by atoms with Crippen LogP contribution in [0.5, 0.6) is 0 Å². The molecule has 0 aromatic heterocycles. The molecule has 18 heteroatoms. The van der Waals surface area contributed by atoms with Gasteiger partial charge in [-0.25, -0.2) is 0 Å². The molecule has 0 saturated heterocycles. The Hall–Kier alpha value is -6.32. The maximum absolute atomic E-state index is 13.7. The maximum Gasteiger partial charge on any atom is 0.258 e. The second-order valence-corrected chi connectivity index (χ2v) is 16.4. The molecule has 4 N–H and O–H groups in total. The van der Waals surface area contributed by atoms with Crippen molar-refractivity contribution < 1.29 is 28.8 Å². The van der Waals surface area contributed by atoms with Gasteiger partial charge in [0.2, 0.25) is 12.1 Å². The van der Waals surface area contributed by atoms with Crippen molar-refractivity contribution in [2.24, 2.45) is 20.5 Å². The van der Waals surface area contributed by atoms with Gasteiger partial charge in [0, 0.05) is 34.5 Å². The molecule has 0 fully saturated rings. The van der Waals surface area contributed by atoms with Gasteiger partial charge in [-0.15, -0.1) is 23.2 Å². The molecule has 0 saturated carbocycles. The molecule has 0 bridgehead atoms. The summed E-state index contributed by atoms with van der Waals surface area (Å²) >= 11 is 24.5. The summed E-state index contributed by atoms with van der Waals surface area (Å²) in [6.45, 7) is 6.09. The van der Waals surface area contributed by atoms with E-state index in [4.69, 9.17) is 46.4 Å². The first-order valence-corrected chi connectivity index (χ1v) is 22.6. The van der Waals surface area contributed by atoms with E-state index in [0.717, 1.165) is 11.1 Å². The van der Waals surface area contributed by atoms with E-state index in [-0.39, 0.29) is 32.5 Å². The normalized spacial score (nSPS) is 12.1. The Morgan fingerprint density at radius 2 is 0.955 bits per heavy atom. The fraction of sp³-hybridized carbons (Fsp3) is 0.250. The number of halogens is 4. The molecule has 14 nitrogen and oxygen atoms in total. The number of ketones is 2. The number of anilines is 4. The third-order valence-corrected chi connectivity index (χ3v) is 11.0. The zero-order valence-electron chi connectivity index (χ0n) is 36.4. The van der Waals surface area contributed by atoms with Crippen molar-refractivity contribution >= 4 is 116 Å². The Balaban J connectivity index is 1.29. The lowest BCUT2D eigenvalue weighted by molar-refractivity contribution is -0.127. The summed E-state index contributed by atoms with van der Waals surface area (Å²) in [6.07, 6.45) is 2.04. The van der Waals surface area contributed by atoms with Gasteiger partial charge in [-0.1, -0.05) is 61.3 Å². The molecule has 342 valence electrons. The van der Waals surface area contributed by atoms with Gasteiger partial charge in [0.1, 0.15) is 0 Å². The van der Waals surface area contributed by atoms with Crippen LogP contribution >= 0.6 is 46.4 Å². The molecule has 0 radical (unpaired) electrons. The highest BCUT2D eigenvalue weighted by atomic mass is 35.5. The monoisotopic (exact) mass is 970 g/mol. The Kier molecular flexibility index (Phi) is 18.6. The fourth-order valence-electron chi connectivity index (χ4n) is 6.57. The fourth-order valence-corrected chi connectivity index (χ4v) is 7.41. The zero-order valence-corrected chi connectivity index (χ0v) is 39.4. The molecule has 0 spiro atoms. The SMILES string of the molecule is CCc1cc(NC(=O)C(N=Nc2ccc(Cl)c(C(=O)Nc3cccc(CCCl)c3)c2)C(C)=O)cc(CC)c1NC(=O)C(N=Nc1ccc(Cl)c(C(=O)Nc2cccc(CCCl)c2)c1)C(C)=O. The number of carbonyl (C=O) groups excluding carboxylic acids is 6. The van der Waals surface area contributed by atoms with E-state index in [1.165, 1.54) is 50.2 Å². The number of aryl methyl sites for hydroxylation is 4. The molecule has 2 atom stereocenters. The Bertz CT molecular complexity index is 2680. The number of hydrogen-bond donors (Lipinski definition) is 4. The summed E-state index contributed by atoms with van der Waals surface area (Å²) in [5.74, 6) is -2.87. The van der Waals surface area contributed by atoms with Crippen LogP contribution in [0.4, 0.5) is 34.1 Å². The van der Waals surface area contributed by atoms with Crippen molar-refractivity contribution in [2.45, 2.75) is 65.5 Å². The number of benzene rings is 5. The standard InChI is InChI=1S/C48H46Cl4N8O6/c1-5-31-23-37(55-47(65)42(27(3)61)59-57-35-13-15-40(51)38(25-35)45(63)53-33-11-7-9-29(21-33)17-19-49)24-32(6-2)44(31)56-48(66)43(28(4)62)60-58-36-14-16-41(52)39(26-36)46(64)54-34-12-8-10-30(22-34)18-20-50/h7-16,21-26,42-43H,5-6,17-20H2,1-4H3,(H,53,63)(H,54,64)(H,55,65)(H,56,66). The Labute approximate surface area is 402 Å². The average molecular weight is 973 g/mol. The van der Waals surface area contributed by atoms with E-state index in [2.05, 4.69) is 41.7 Å². The zero-order chi connectivity index (χ0) is 47.9. The van der Waals surface area contributed by atoms with E-state index in [0.29, 0.717) is 71.3 Å². The Morgan fingerprint density at radius 3 is 1.35 bits per heavy atom. The van der Waals surface area contributed by atoms with Crippen LogP contribution < -0.4 is 21.3 Å². The van der Waals surface area contributed by atoms with Gasteiger partial charge >= 0.3 is 0 Å². The van der Waals surface area contributed by atoms with Crippen LogP contribution in [-0.2, 0) is 44.9 Å². The minimum absolute atomic E-state index is 0.0993. The summed E-state index contributed by atoms with van der Waals surface area (Å²) in [4.78, 5) is 79.1. The summed E-state index contributed by atoms with van der Waals surface area (Å²) < 4.78 is 0. The van der Waals surface area contributed by atoms with Gasteiger partial charge in [-0.05, 0) is 135 Å². The lowest BCUT2D eigenvalue weighted by Crippen LogP contribution is -2.33. The van der Waals surface area contributed by atoms with Crippen LogP contribution in [0.1, 0.15) is 70.7 Å². The van der Waals surface area contributed by atoms with Crippen LogP contribution in [0.3, 0.4) is 0 Å². The highest BCUT2D eigenvalue weighted by molar-refractivity contribution is 6.35. The van der Waals surface area contributed by atoms with E-state index in [1.807, 2.05) is 26.0 Å². The van der Waals surface area contributed by atoms with Gasteiger partial charge in [0.15, 0.2) is 11.6 Å². The molecule has 0 aliphatic carbocycles. The topological polar surface area (TPSA) is 200 Å². The molecule has 0 aliphatic rings. The molecule has 66 heavy (non-hydrogen) atoms. The molecular formula is C48H46Cl4N8O6. The minimum atomic E-state index is -1.55. The quantitative estimate of drug-likeness (QED) is 0.0340. The van der Waals surface area contributed by atoms with Crippen molar-refractivity contribution in [3.8, 4) is 0 Å². The number of Topliss-reactive ketones (excluding diaryl/α,β-unsaturated/α-hetero) is 2. The molecule has 5 aromatic rings. The first-order chi connectivity index (χ1) is 31.6. The van der Waals surface area contributed by atoms with E-state index in [1.54, 1.807) is 48.5 Å². The molecule has 5 aromatic carbocycles. The van der Waals surface area contributed by atoms with Crippen LogP contribution in [0.15, 0.2) is 118 Å². The third-order valence-electron chi connectivity index (χ3n) is 9.95. The van der Waals surface area contributed by atoms with Crippen LogP contribution in [0, 0.1) is 0 Å².